The molecule has 2 heteroatoms. The van der Waals surface area contributed by atoms with Crippen LogP contribution in [-0.4, -0.2) is 11.2 Å². The van der Waals surface area contributed by atoms with Crippen molar-refractivity contribution in [1.29, 1.82) is 0 Å². The lowest BCUT2D eigenvalue weighted by Crippen LogP contribution is -1.93. The molecule has 0 bridgehead atoms. The Morgan fingerprint density at radius 2 is 0.930 bits per heavy atom. The van der Waals surface area contributed by atoms with E-state index < -0.39 is 0 Å². The normalized spacial score (nSPS) is 11.7. The van der Waals surface area contributed by atoms with Gasteiger partial charge in [0.05, 0.1) is 11.4 Å². The van der Waals surface area contributed by atoms with Crippen molar-refractivity contribution in [2.24, 2.45) is 4.99 Å². The van der Waals surface area contributed by atoms with Crippen molar-refractivity contribution in [2.45, 2.75) is 6.92 Å². The second kappa shape index (κ2) is 15.7. The molecular formula is C55H40N2. The molecular weight excluding hydrogens is 689 g/mol. The number of hydrogen-bond donors (Lipinski definition) is 0. The zero-order valence-corrected chi connectivity index (χ0v) is 31.8. The maximum atomic E-state index is 4.62. The van der Waals surface area contributed by atoms with Crippen molar-refractivity contribution in [2.75, 3.05) is 0 Å². The Morgan fingerprint density at radius 3 is 1.49 bits per heavy atom. The highest BCUT2D eigenvalue weighted by atomic mass is 14.7. The van der Waals surface area contributed by atoms with Crippen LogP contribution in [0.15, 0.2) is 218 Å². The van der Waals surface area contributed by atoms with Crippen LogP contribution in [0.2, 0.25) is 0 Å². The van der Waals surface area contributed by atoms with Crippen LogP contribution in [0.5, 0.6) is 0 Å². The number of aromatic nitrogens is 1. The summed E-state index contributed by atoms with van der Waals surface area (Å²) in [6.45, 7) is 5.85. The molecule has 1 aromatic heterocycles. The van der Waals surface area contributed by atoms with Crippen molar-refractivity contribution in [3.8, 4) is 66.9 Å². The van der Waals surface area contributed by atoms with Crippen molar-refractivity contribution in [3.63, 3.8) is 0 Å². The molecule has 0 radical (unpaired) electrons. The number of hydrogen-bond acceptors (Lipinski definition) is 2. The van der Waals surface area contributed by atoms with Gasteiger partial charge in [0.25, 0.3) is 0 Å². The average molecular weight is 729 g/mol. The van der Waals surface area contributed by atoms with E-state index in [2.05, 4.69) is 192 Å². The van der Waals surface area contributed by atoms with Crippen molar-refractivity contribution in [3.05, 3.63) is 219 Å². The lowest BCUT2D eigenvalue weighted by atomic mass is 9.84. The fourth-order valence-electron chi connectivity index (χ4n) is 7.98. The van der Waals surface area contributed by atoms with Gasteiger partial charge in [-0.25, -0.2) is 0 Å². The smallest absolute Gasteiger partial charge is 0.0701 e. The van der Waals surface area contributed by atoms with Crippen molar-refractivity contribution in [1.82, 2.24) is 4.98 Å². The molecule has 0 fully saturated rings. The SMILES string of the molecule is C=C/C=C(\N=C/C)c1ccc(-c2c3ccccc3c(-c3ccc(-c4ccccn4)cc3)c3cc(-c4cc(-c5ccccc5)cc(-c5ccccc5)c4)ccc23)cc1. The molecule has 0 aliphatic rings. The number of pyridine rings is 1. The molecule has 8 aromatic carbocycles. The van der Waals surface area contributed by atoms with Gasteiger partial charge in [-0.1, -0.05) is 164 Å². The third-order valence-corrected chi connectivity index (χ3v) is 10.7. The summed E-state index contributed by atoms with van der Waals surface area (Å²) in [5.41, 5.74) is 15.8. The topological polar surface area (TPSA) is 25.2 Å². The maximum absolute atomic E-state index is 4.62. The number of nitrogens with zero attached hydrogens (tertiary/aromatic N) is 2. The van der Waals surface area contributed by atoms with Crippen LogP contribution in [0.25, 0.3) is 94.1 Å². The lowest BCUT2D eigenvalue weighted by Gasteiger charge is -2.19. The van der Waals surface area contributed by atoms with Gasteiger partial charge >= 0.3 is 0 Å². The summed E-state index contributed by atoms with van der Waals surface area (Å²) >= 11 is 0. The Morgan fingerprint density at radius 1 is 0.439 bits per heavy atom. The molecule has 0 amide bonds. The minimum Gasteiger partial charge on any atom is -0.261 e. The highest BCUT2D eigenvalue weighted by molar-refractivity contribution is 6.22. The van der Waals surface area contributed by atoms with Gasteiger partial charge in [0.15, 0.2) is 0 Å². The summed E-state index contributed by atoms with van der Waals surface area (Å²) in [4.78, 5) is 9.23. The predicted molar refractivity (Wildman–Crippen MR) is 244 cm³/mol. The van der Waals surface area contributed by atoms with E-state index in [0.29, 0.717) is 0 Å². The van der Waals surface area contributed by atoms with Crippen LogP contribution in [-0.2, 0) is 0 Å². The number of benzene rings is 8. The van der Waals surface area contributed by atoms with Gasteiger partial charge in [-0.05, 0) is 127 Å². The molecule has 270 valence electrons. The highest BCUT2D eigenvalue weighted by Gasteiger charge is 2.19. The van der Waals surface area contributed by atoms with Gasteiger partial charge in [-0.2, -0.15) is 0 Å². The molecule has 0 unspecified atom stereocenters. The van der Waals surface area contributed by atoms with Gasteiger partial charge < -0.3 is 0 Å². The predicted octanol–water partition coefficient (Wildman–Crippen LogP) is 15.0. The third-order valence-electron chi connectivity index (χ3n) is 10.7. The molecule has 0 saturated carbocycles. The van der Waals surface area contributed by atoms with E-state index in [1.54, 1.807) is 6.08 Å². The average Bonchev–Trinajstić information content (AvgIpc) is 3.29. The number of fused-ring (bicyclic) bond motifs is 2. The Kier molecular flexibility index (Phi) is 9.75. The molecule has 0 spiro atoms. The van der Waals surface area contributed by atoms with Crippen LogP contribution in [0.1, 0.15) is 12.5 Å². The Balaban J connectivity index is 1.30. The largest absolute Gasteiger partial charge is 0.261 e. The lowest BCUT2D eigenvalue weighted by molar-refractivity contribution is 1.33. The molecule has 57 heavy (non-hydrogen) atoms. The molecule has 0 aliphatic carbocycles. The zero-order valence-electron chi connectivity index (χ0n) is 31.8. The highest BCUT2D eigenvalue weighted by Crippen LogP contribution is 2.46. The summed E-state index contributed by atoms with van der Waals surface area (Å²) in [6, 6.07) is 67.9. The van der Waals surface area contributed by atoms with Crippen LogP contribution in [0.3, 0.4) is 0 Å². The summed E-state index contributed by atoms with van der Waals surface area (Å²) in [5, 5.41) is 4.81. The number of allylic oxidation sites excluding steroid dienone is 2. The van der Waals surface area contributed by atoms with Gasteiger partial charge in [0.2, 0.25) is 0 Å². The molecule has 2 nitrogen and oxygen atoms in total. The monoisotopic (exact) mass is 728 g/mol. The second-order valence-corrected chi connectivity index (χ2v) is 14.1. The number of rotatable bonds is 9. The summed E-state index contributed by atoms with van der Waals surface area (Å²) in [7, 11) is 0. The van der Waals surface area contributed by atoms with Crippen LogP contribution >= 0.6 is 0 Å². The van der Waals surface area contributed by atoms with Gasteiger partial charge in [0, 0.05) is 23.5 Å². The van der Waals surface area contributed by atoms with E-state index in [-0.39, 0.29) is 0 Å². The minimum atomic E-state index is 0.885. The van der Waals surface area contributed by atoms with Crippen LogP contribution in [0, 0.1) is 0 Å². The number of aliphatic imine (C=N–C) groups is 1. The summed E-state index contributed by atoms with van der Waals surface area (Å²) in [6.07, 6.45) is 7.41. The Bertz CT molecular complexity index is 2870. The standard InChI is InChI=1S/C55H40N2/c1-3-15-52(56-4-2)40-23-27-42(28-24-40)54-48-20-11-12-21-49(48)55(43-29-25-41(26-30-43)53-22-13-14-33-57-53)51-37-44(31-32-50(51)54)47-35-45(38-16-7-5-8-17-38)34-46(36-47)39-18-9-6-10-19-39/h3-37H,1H2,2H3/b52-15-,56-4-. The van der Waals surface area contributed by atoms with Crippen molar-refractivity contribution >= 4 is 33.5 Å². The van der Waals surface area contributed by atoms with E-state index in [0.717, 1.165) is 39.2 Å². The summed E-state index contributed by atoms with van der Waals surface area (Å²) in [5.74, 6) is 0. The first kappa shape index (κ1) is 35.3. The van der Waals surface area contributed by atoms with Gasteiger partial charge in [0.1, 0.15) is 0 Å². The van der Waals surface area contributed by atoms with Gasteiger partial charge in [-0.15, -0.1) is 0 Å². The molecule has 9 rings (SSSR count). The fourth-order valence-corrected chi connectivity index (χ4v) is 7.98. The molecule has 0 saturated heterocycles. The quantitative estimate of drug-likeness (QED) is 0.0825. The molecule has 9 aromatic rings. The van der Waals surface area contributed by atoms with E-state index in [9.17, 15) is 0 Å². The van der Waals surface area contributed by atoms with E-state index in [1.807, 2.05) is 37.5 Å². The van der Waals surface area contributed by atoms with E-state index in [1.165, 1.54) is 60.5 Å². The van der Waals surface area contributed by atoms with Crippen molar-refractivity contribution < 1.29 is 0 Å². The van der Waals surface area contributed by atoms with Crippen LogP contribution in [0.4, 0.5) is 0 Å². The fraction of sp³-hybridized carbons (Fsp3) is 0.0182. The molecule has 1 heterocycles. The Labute approximate surface area is 334 Å². The van der Waals surface area contributed by atoms with Crippen LogP contribution < -0.4 is 0 Å². The first-order valence-corrected chi connectivity index (χ1v) is 19.4. The molecule has 0 atom stereocenters. The first-order valence-electron chi connectivity index (χ1n) is 19.4. The van der Waals surface area contributed by atoms with Gasteiger partial charge in [-0.3, -0.25) is 9.98 Å². The Hall–Kier alpha value is -7.42. The second-order valence-electron chi connectivity index (χ2n) is 14.1. The van der Waals surface area contributed by atoms with E-state index >= 15 is 0 Å². The third kappa shape index (κ3) is 7.01. The zero-order chi connectivity index (χ0) is 38.6. The van der Waals surface area contributed by atoms with E-state index in [4.69, 9.17) is 0 Å². The minimum absolute atomic E-state index is 0.885. The maximum Gasteiger partial charge on any atom is 0.0701 e. The molecule has 0 N–H and O–H groups in total. The molecule has 0 aliphatic heterocycles. The summed E-state index contributed by atoms with van der Waals surface area (Å²) < 4.78 is 0. The first-order chi connectivity index (χ1) is 28.2.